The number of carbonyl (C=O) groups is 1. The van der Waals surface area contributed by atoms with Crippen molar-refractivity contribution in [1.82, 2.24) is 0 Å². The zero-order chi connectivity index (χ0) is 16.7. The third-order valence-electron chi connectivity index (χ3n) is 3.18. The highest BCUT2D eigenvalue weighted by Crippen LogP contribution is 2.21. The van der Waals surface area contributed by atoms with Gasteiger partial charge >= 0.3 is 5.97 Å². The highest BCUT2D eigenvalue weighted by atomic mass is 16.6. The molecule has 0 spiro atoms. The lowest BCUT2D eigenvalue weighted by Gasteiger charge is -2.11. The molecule has 0 N–H and O–H groups in total. The number of nitriles is 1. The molecule has 0 heterocycles. The van der Waals surface area contributed by atoms with Crippen molar-refractivity contribution < 1.29 is 19.0 Å². The summed E-state index contributed by atoms with van der Waals surface area (Å²) in [5.41, 5.74) is 2.22. The van der Waals surface area contributed by atoms with E-state index in [9.17, 15) is 4.79 Å². The second-order valence-corrected chi connectivity index (χ2v) is 4.87. The molecule has 23 heavy (non-hydrogen) atoms. The molecule has 0 unspecified atom stereocenters. The first kappa shape index (κ1) is 16.4. The molecule has 0 aliphatic heterocycles. The van der Waals surface area contributed by atoms with E-state index in [0.717, 1.165) is 11.1 Å². The maximum absolute atomic E-state index is 11.8. The molecule has 0 aliphatic rings. The lowest BCUT2D eigenvalue weighted by Crippen LogP contribution is -2.15. The highest BCUT2D eigenvalue weighted by Gasteiger charge is 2.10. The summed E-state index contributed by atoms with van der Waals surface area (Å²) < 4.78 is 15.8. The van der Waals surface area contributed by atoms with E-state index < -0.39 is 5.97 Å². The van der Waals surface area contributed by atoms with Gasteiger partial charge in [0.05, 0.1) is 12.7 Å². The van der Waals surface area contributed by atoms with Gasteiger partial charge in [-0.25, -0.2) is 4.79 Å². The van der Waals surface area contributed by atoms with Crippen LogP contribution in [0.3, 0.4) is 0 Å². The van der Waals surface area contributed by atoms with Crippen LogP contribution < -0.4 is 9.47 Å². The van der Waals surface area contributed by atoms with Crippen LogP contribution in [-0.4, -0.2) is 19.7 Å². The van der Waals surface area contributed by atoms with Gasteiger partial charge in [0.15, 0.2) is 6.61 Å². The van der Waals surface area contributed by atoms with E-state index in [1.165, 1.54) is 0 Å². The molecule has 0 fully saturated rings. The molecular weight excluding hydrogens is 294 g/mol. The summed E-state index contributed by atoms with van der Waals surface area (Å²) in [4.78, 5) is 11.8. The number of hydrogen-bond acceptors (Lipinski definition) is 5. The summed E-state index contributed by atoms with van der Waals surface area (Å²) in [7, 11) is 1.57. The summed E-state index contributed by atoms with van der Waals surface area (Å²) in [5, 5.41) is 8.96. The second kappa shape index (κ2) is 7.85. The van der Waals surface area contributed by atoms with Gasteiger partial charge in [0.1, 0.15) is 24.2 Å². The first-order chi connectivity index (χ1) is 11.1. The molecule has 0 atom stereocenters. The van der Waals surface area contributed by atoms with Crippen LogP contribution in [0.5, 0.6) is 11.5 Å². The molecule has 5 nitrogen and oxygen atoms in total. The summed E-state index contributed by atoms with van der Waals surface area (Å²) in [6.07, 6.45) is 0. The number of methoxy groups -OCH3 is 1. The van der Waals surface area contributed by atoms with Crippen molar-refractivity contribution in [3.05, 3.63) is 59.2 Å². The molecule has 5 heteroatoms. The summed E-state index contributed by atoms with van der Waals surface area (Å²) in [6.45, 7) is 1.80. The van der Waals surface area contributed by atoms with Gasteiger partial charge in [0.2, 0.25) is 0 Å². The van der Waals surface area contributed by atoms with E-state index in [1.54, 1.807) is 31.4 Å². The topological polar surface area (TPSA) is 68.6 Å². The van der Waals surface area contributed by atoms with E-state index in [4.69, 9.17) is 19.5 Å². The predicted molar refractivity (Wildman–Crippen MR) is 84.2 cm³/mol. The molecular formula is C18H17NO4. The quantitative estimate of drug-likeness (QED) is 0.767. The van der Waals surface area contributed by atoms with Gasteiger partial charge in [0, 0.05) is 5.56 Å². The van der Waals surface area contributed by atoms with Crippen molar-refractivity contribution in [3.63, 3.8) is 0 Å². The Morgan fingerprint density at radius 1 is 1.17 bits per heavy atom. The maximum Gasteiger partial charge on any atom is 0.344 e. The minimum absolute atomic E-state index is 0.104. The fourth-order valence-electron chi connectivity index (χ4n) is 2.04. The normalized spacial score (nSPS) is 9.78. The van der Waals surface area contributed by atoms with Crippen LogP contribution in [0.4, 0.5) is 0 Å². The van der Waals surface area contributed by atoms with E-state index >= 15 is 0 Å². The molecule has 0 bridgehead atoms. The minimum atomic E-state index is -0.513. The number of esters is 1. The lowest BCUT2D eigenvalue weighted by molar-refractivity contribution is -0.147. The van der Waals surface area contributed by atoms with Gasteiger partial charge in [-0.1, -0.05) is 23.8 Å². The van der Waals surface area contributed by atoms with Crippen LogP contribution in [-0.2, 0) is 16.1 Å². The first-order valence-corrected chi connectivity index (χ1v) is 7.05. The van der Waals surface area contributed by atoms with Crippen molar-refractivity contribution in [2.24, 2.45) is 0 Å². The third-order valence-corrected chi connectivity index (χ3v) is 3.18. The number of hydrogen-bond donors (Lipinski definition) is 0. The average Bonchev–Trinajstić information content (AvgIpc) is 2.58. The van der Waals surface area contributed by atoms with Crippen LogP contribution in [0.15, 0.2) is 42.5 Å². The molecule has 0 aromatic heterocycles. The summed E-state index contributed by atoms with van der Waals surface area (Å²) >= 11 is 0. The van der Waals surface area contributed by atoms with Crippen molar-refractivity contribution in [2.75, 3.05) is 13.7 Å². The Morgan fingerprint density at radius 3 is 2.70 bits per heavy atom. The molecule has 0 saturated carbocycles. The standard InChI is InChI=1S/C18H17NO4/c1-13-7-8-16(21-2)15(9-13)11-23-18(20)12-22-17-6-4-3-5-14(17)10-19/h3-9H,11-12H2,1-2H3. The molecule has 0 radical (unpaired) electrons. The SMILES string of the molecule is COc1ccc(C)cc1COC(=O)COc1ccccc1C#N. The van der Waals surface area contributed by atoms with Gasteiger partial charge in [-0.15, -0.1) is 0 Å². The summed E-state index contributed by atoms with van der Waals surface area (Å²) in [6, 6.07) is 14.4. The zero-order valence-corrected chi connectivity index (χ0v) is 13.0. The van der Waals surface area contributed by atoms with Crippen molar-refractivity contribution in [1.29, 1.82) is 5.26 Å². The monoisotopic (exact) mass is 311 g/mol. The second-order valence-electron chi connectivity index (χ2n) is 4.87. The molecule has 0 aliphatic carbocycles. The number of rotatable bonds is 6. The number of nitrogens with zero attached hydrogens (tertiary/aromatic N) is 1. The van der Waals surface area contributed by atoms with E-state index in [-0.39, 0.29) is 13.2 Å². The summed E-state index contributed by atoms with van der Waals surface area (Å²) in [5.74, 6) is 0.514. The Labute approximate surface area is 135 Å². The van der Waals surface area contributed by atoms with Crippen LogP contribution in [0.1, 0.15) is 16.7 Å². The maximum atomic E-state index is 11.8. The van der Waals surface area contributed by atoms with Gasteiger partial charge in [0.25, 0.3) is 0 Å². The number of aryl methyl sites for hydroxylation is 1. The number of benzene rings is 2. The van der Waals surface area contributed by atoms with Gasteiger partial charge in [-0.05, 0) is 31.2 Å². The Bertz CT molecular complexity index is 734. The average molecular weight is 311 g/mol. The third kappa shape index (κ3) is 4.48. The minimum Gasteiger partial charge on any atom is -0.496 e. The number of ether oxygens (including phenoxy) is 3. The number of carbonyl (C=O) groups excluding carboxylic acids is 1. The largest absolute Gasteiger partial charge is 0.496 e. The predicted octanol–water partition coefficient (Wildman–Crippen LogP) is 3.00. The molecule has 118 valence electrons. The molecule has 0 amide bonds. The number of para-hydroxylation sites is 1. The van der Waals surface area contributed by atoms with E-state index in [1.807, 2.05) is 31.2 Å². The van der Waals surface area contributed by atoms with Crippen LogP contribution in [0, 0.1) is 18.3 Å². The highest BCUT2D eigenvalue weighted by molar-refractivity contribution is 5.71. The van der Waals surface area contributed by atoms with Crippen molar-refractivity contribution >= 4 is 5.97 Å². The molecule has 2 rings (SSSR count). The van der Waals surface area contributed by atoms with Crippen LogP contribution in [0.25, 0.3) is 0 Å². The van der Waals surface area contributed by atoms with Crippen LogP contribution in [0.2, 0.25) is 0 Å². The van der Waals surface area contributed by atoms with E-state index in [0.29, 0.717) is 17.1 Å². The van der Waals surface area contributed by atoms with Gasteiger partial charge in [-0.3, -0.25) is 0 Å². The smallest absolute Gasteiger partial charge is 0.344 e. The Morgan fingerprint density at radius 2 is 1.96 bits per heavy atom. The lowest BCUT2D eigenvalue weighted by atomic mass is 10.1. The van der Waals surface area contributed by atoms with Gasteiger partial charge in [-0.2, -0.15) is 5.26 Å². The fraction of sp³-hybridized carbons (Fsp3) is 0.222. The Balaban J connectivity index is 1.91. The van der Waals surface area contributed by atoms with E-state index in [2.05, 4.69) is 0 Å². The fourth-order valence-corrected chi connectivity index (χ4v) is 2.04. The zero-order valence-electron chi connectivity index (χ0n) is 13.0. The Hall–Kier alpha value is -3.00. The van der Waals surface area contributed by atoms with Crippen molar-refractivity contribution in [3.8, 4) is 17.6 Å². The molecule has 2 aromatic rings. The first-order valence-electron chi connectivity index (χ1n) is 7.05. The molecule has 0 saturated heterocycles. The molecule has 2 aromatic carbocycles. The van der Waals surface area contributed by atoms with Gasteiger partial charge < -0.3 is 14.2 Å². The van der Waals surface area contributed by atoms with Crippen molar-refractivity contribution in [2.45, 2.75) is 13.5 Å². The van der Waals surface area contributed by atoms with Crippen LogP contribution >= 0.6 is 0 Å². The Kier molecular flexibility index (Phi) is 5.59.